The number of rotatable bonds is 0. The molecule has 0 unspecified atom stereocenters. The van der Waals surface area contributed by atoms with Crippen LogP contribution < -0.4 is 0 Å². The molecule has 0 aliphatic rings. The van der Waals surface area contributed by atoms with Crippen LogP contribution in [0.1, 0.15) is 0 Å². The van der Waals surface area contributed by atoms with E-state index in [2.05, 4.69) is 0 Å². The van der Waals surface area contributed by atoms with Gasteiger partial charge in [-0.15, -0.1) is 0 Å². The smallest absolute Gasteiger partial charge is 2.00 e. The first kappa shape index (κ1) is 1040. The van der Waals surface area contributed by atoms with Crippen LogP contribution in [-0.4, -0.2) is 71.8 Å². The normalized spacial score (nSPS) is 0. The van der Waals surface area contributed by atoms with E-state index >= 15 is 0 Å². The van der Waals surface area contributed by atoms with Crippen molar-refractivity contribution < 1.29 is 54.8 Å². The van der Waals surface area contributed by atoms with Gasteiger partial charge in [-0.25, -0.2) is 0 Å². The summed E-state index contributed by atoms with van der Waals surface area (Å²) in [6.45, 7) is 0. The van der Waals surface area contributed by atoms with Gasteiger partial charge in [-0.05, 0) is 0 Å². The Hall–Kier alpha value is 1.83. The minimum absolute atomic E-state index is 0. The summed E-state index contributed by atoms with van der Waals surface area (Å²) in [4.78, 5) is 0. The standard InChI is InChI=1S/4As.10O/q4*+5;10*-2. The first-order chi connectivity index (χ1) is 0. The molecule has 0 saturated carbocycles. The molecule has 0 fully saturated rings. The van der Waals surface area contributed by atoms with E-state index in [0.717, 1.165) is 0 Å². The largest absolute Gasteiger partial charge is 5.00 e. The SMILES string of the molecule is [As+5].[As+5].[As+5].[As+5].[O-2].[O-2].[O-2].[O-2].[O-2].[O-2].[O-2].[O-2].[O-2].[O-2]. The fourth-order valence-corrected chi connectivity index (χ4v) is 0. The summed E-state index contributed by atoms with van der Waals surface area (Å²) in [6.07, 6.45) is 0. The van der Waals surface area contributed by atoms with Gasteiger partial charge in [0.2, 0.25) is 0 Å². The van der Waals surface area contributed by atoms with Crippen molar-refractivity contribution in [2.75, 3.05) is 0 Å². The van der Waals surface area contributed by atoms with Crippen molar-refractivity contribution in [3.8, 4) is 0 Å². The molecule has 0 spiro atoms. The Labute approximate surface area is 126 Å². The Morgan fingerprint density at radius 2 is 0.143 bits per heavy atom. The molecule has 0 atom stereocenters. The first-order valence-corrected chi connectivity index (χ1v) is 0. The van der Waals surface area contributed by atoms with Crippen LogP contribution >= 0.6 is 0 Å². The van der Waals surface area contributed by atoms with E-state index < -0.39 is 0 Å². The summed E-state index contributed by atoms with van der Waals surface area (Å²) in [7, 11) is 0. The Bertz CT molecular complexity index is 12.1. The van der Waals surface area contributed by atoms with Crippen molar-refractivity contribution in [2.24, 2.45) is 0 Å². The van der Waals surface area contributed by atoms with Gasteiger partial charge in [0.1, 0.15) is 0 Å². The van der Waals surface area contributed by atoms with Crippen molar-refractivity contribution >= 4 is 71.8 Å². The van der Waals surface area contributed by atoms with E-state index in [1.54, 1.807) is 0 Å². The minimum Gasteiger partial charge on any atom is -2.00 e. The molecule has 0 saturated heterocycles. The minimum atomic E-state index is 0. The molecule has 0 aliphatic carbocycles. The third-order valence-corrected chi connectivity index (χ3v) is 0. The molecule has 0 aromatic carbocycles. The molecule has 14 heteroatoms. The van der Waals surface area contributed by atoms with Crippen molar-refractivity contribution in [1.82, 2.24) is 0 Å². The fraction of sp³-hybridized carbons (Fsp3) is 0. The van der Waals surface area contributed by atoms with Crippen LogP contribution in [0.5, 0.6) is 0 Å². The Morgan fingerprint density at radius 3 is 0.143 bits per heavy atom. The van der Waals surface area contributed by atoms with E-state index in [-0.39, 0.29) is 127 Å². The van der Waals surface area contributed by atoms with Gasteiger partial charge in [-0.3, -0.25) is 0 Å². The zero-order valence-electron chi connectivity index (χ0n) is 5.87. The Morgan fingerprint density at radius 1 is 0.143 bits per heavy atom. The second-order valence-corrected chi connectivity index (χ2v) is 0. The first-order valence-electron chi connectivity index (χ1n) is 0. The van der Waals surface area contributed by atoms with E-state index in [0.29, 0.717) is 0 Å². The van der Waals surface area contributed by atoms with E-state index in [4.69, 9.17) is 0 Å². The number of hydrogen-bond donors (Lipinski definition) is 0. The summed E-state index contributed by atoms with van der Waals surface area (Å²) < 4.78 is 0. The predicted molar refractivity (Wildman–Crippen MR) is 29.9 cm³/mol. The summed E-state index contributed by atoms with van der Waals surface area (Å²) in [5.41, 5.74) is 0. The molecular weight excluding hydrogens is 460 g/mol. The topological polar surface area (TPSA) is 285 Å². The van der Waals surface area contributed by atoms with Crippen molar-refractivity contribution in [1.29, 1.82) is 0 Å². The molecule has 0 radical (unpaired) electrons. The summed E-state index contributed by atoms with van der Waals surface area (Å²) in [6, 6.07) is 0. The van der Waals surface area contributed by atoms with Crippen LogP contribution in [0.3, 0.4) is 0 Å². The Balaban J connectivity index is 0. The zero-order chi connectivity index (χ0) is 0. The molecule has 0 N–H and O–H groups in total. The van der Waals surface area contributed by atoms with Crippen LogP contribution in [0.25, 0.3) is 0 Å². The van der Waals surface area contributed by atoms with Crippen LogP contribution in [-0.2, 0) is 54.8 Å². The van der Waals surface area contributed by atoms with Gasteiger partial charge in [0.25, 0.3) is 0 Å². The summed E-state index contributed by atoms with van der Waals surface area (Å²) in [5, 5.41) is 0. The molecule has 0 amide bonds. The zero-order valence-corrected chi connectivity index (χ0v) is 13.4. The molecule has 10 nitrogen and oxygen atoms in total. The third-order valence-electron chi connectivity index (χ3n) is 0. The summed E-state index contributed by atoms with van der Waals surface area (Å²) in [5.74, 6) is 0. The van der Waals surface area contributed by atoms with Crippen molar-refractivity contribution in [3.05, 3.63) is 0 Å². The maximum Gasteiger partial charge on any atom is 5.00 e. The van der Waals surface area contributed by atoms with Gasteiger partial charge in [-0.2, -0.15) is 0 Å². The van der Waals surface area contributed by atoms with Gasteiger partial charge >= 0.3 is 71.8 Å². The monoisotopic (exact) mass is 460 g/mol. The predicted octanol–water partition coefficient (Wildman–Crippen LogP) is -2.71. The molecular formula is As4O10. The van der Waals surface area contributed by atoms with E-state index in [1.807, 2.05) is 0 Å². The van der Waals surface area contributed by atoms with Gasteiger partial charge in [0, 0.05) is 0 Å². The quantitative estimate of drug-likeness (QED) is 0.334. The molecule has 0 bridgehead atoms. The van der Waals surface area contributed by atoms with Gasteiger partial charge in [0.05, 0.1) is 0 Å². The van der Waals surface area contributed by atoms with Crippen LogP contribution in [0.2, 0.25) is 0 Å². The average molecular weight is 460 g/mol. The summed E-state index contributed by atoms with van der Waals surface area (Å²) >= 11 is 0. The molecule has 0 heterocycles. The third kappa shape index (κ3) is 678. The molecule has 0 aromatic heterocycles. The van der Waals surface area contributed by atoms with Crippen LogP contribution in [0.4, 0.5) is 0 Å². The maximum absolute atomic E-state index is 0. The molecule has 0 aromatic rings. The Kier molecular flexibility index (Phi) is 62500. The average Bonchev–Trinajstić information content (AvgIpc) is 0. The molecule has 14 heavy (non-hydrogen) atoms. The van der Waals surface area contributed by atoms with Gasteiger partial charge in [0.15, 0.2) is 0 Å². The molecule has 80 valence electrons. The number of hydrogen-bond acceptors (Lipinski definition) is 0. The van der Waals surface area contributed by atoms with Crippen molar-refractivity contribution in [2.45, 2.75) is 0 Å². The van der Waals surface area contributed by atoms with E-state index in [1.165, 1.54) is 0 Å². The van der Waals surface area contributed by atoms with Gasteiger partial charge in [-0.1, -0.05) is 0 Å². The maximum atomic E-state index is 0. The fourth-order valence-electron chi connectivity index (χ4n) is 0. The van der Waals surface area contributed by atoms with Crippen LogP contribution in [0, 0.1) is 0 Å². The molecule has 0 aliphatic heterocycles. The second-order valence-electron chi connectivity index (χ2n) is 0. The van der Waals surface area contributed by atoms with Crippen LogP contribution in [0.15, 0.2) is 0 Å². The van der Waals surface area contributed by atoms with Gasteiger partial charge < -0.3 is 54.8 Å². The van der Waals surface area contributed by atoms with E-state index in [9.17, 15) is 0 Å². The molecule has 0 rings (SSSR count). The second kappa shape index (κ2) is 844. The van der Waals surface area contributed by atoms with Crippen molar-refractivity contribution in [3.63, 3.8) is 0 Å².